The van der Waals surface area contributed by atoms with Crippen molar-refractivity contribution < 1.29 is 9.63 Å². The molecule has 0 aliphatic heterocycles. The molecule has 0 saturated heterocycles. The van der Waals surface area contributed by atoms with Gasteiger partial charge in [-0.1, -0.05) is 29.4 Å². The molecular formula is C18H23N3O2. The van der Waals surface area contributed by atoms with E-state index in [2.05, 4.69) is 39.3 Å². The van der Waals surface area contributed by atoms with E-state index < -0.39 is 0 Å². The van der Waals surface area contributed by atoms with Crippen molar-refractivity contribution in [2.24, 2.45) is 0 Å². The monoisotopic (exact) mass is 313 g/mol. The lowest BCUT2D eigenvalue weighted by molar-refractivity contribution is 0.118. The maximum Gasteiger partial charge on any atom is 0.240 e. The van der Waals surface area contributed by atoms with E-state index in [0.29, 0.717) is 30.9 Å². The van der Waals surface area contributed by atoms with E-state index in [-0.39, 0.29) is 6.61 Å². The molecule has 0 bridgehead atoms. The molecule has 5 nitrogen and oxygen atoms in total. The average molecular weight is 313 g/mol. The van der Waals surface area contributed by atoms with Crippen LogP contribution >= 0.6 is 0 Å². The summed E-state index contributed by atoms with van der Waals surface area (Å²) in [6, 6.07) is 8.97. The van der Waals surface area contributed by atoms with Gasteiger partial charge < -0.3 is 9.63 Å². The third-order valence-corrected chi connectivity index (χ3v) is 4.93. The second kappa shape index (κ2) is 6.42. The lowest BCUT2D eigenvalue weighted by Gasteiger charge is -2.34. The molecule has 4 rings (SSSR count). The predicted octanol–water partition coefficient (Wildman–Crippen LogP) is 2.82. The molecule has 2 aliphatic carbocycles. The number of nitrogens with zero attached hydrogens (tertiary/aromatic N) is 3. The molecular weight excluding hydrogens is 290 g/mol. The summed E-state index contributed by atoms with van der Waals surface area (Å²) in [6.45, 7) is 1.38. The normalized spacial score (nSPS) is 20.7. The van der Waals surface area contributed by atoms with Crippen LogP contribution < -0.4 is 0 Å². The zero-order valence-electron chi connectivity index (χ0n) is 13.3. The van der Waals surface area contributed by atoms with Crippen LogP contribution in [0.2, 0.25) is 0 Å². The van der Waals surface area contributed by atoms with Crippen LogP contribution in [-0.4, -0.2) is 33.3 Å². The van der Waals surface area contributed by atoms with Gasteiger partial charge in [0, 0.05) is 18.5 Å². The first kappa shape index (κ1) is 14.8. The minimum Gasteiger partial charge on any atom is -0.395 e. The number of aliphatic hydroxyl groups is 1. The van der Waals surface area contributed by atoms with Crippen LogP contribution in [0.1, 0.15) is 60.5 Å². The van der Waals surface area contributed by atoms with Gasteiger partial charge in [0.1, 0.15) is 0 Å². The molecule has 1 N–H and O–H groups in total. The fraction of sp³-hybridized carbons (Fsp3) is 0.556. The molecule has 1 heterocycles. The van der Waals surface area contributed by atoms with Gasteiger partial charge in [0.15, 0.2) is 5.82 Å². The van der Waals surface area contributed by atoms with Gasteiger partial charge in [-0.2, -0.15) is 4.98 Å². The molecule has 1 aromatic carbocycles. The van der Waals surface area contributed by atoms with Gasteiger partial charge in [-0.15, -0.1) is 0 Å². The van der Waals surface area contributed by atoms with E-state index >= 15 is 0 Å². The van der Waals surface area contributed by atoms with Crippen molar-refractivity contribution in [1.29, 1.82) is 0 Å². The summed E-state index contributed by atoms with van der Waals surface area (Å²) in [7, 11) is 0. The summed E-state index contributed by atoms with van der Waals surface area (Å²) < 4.78 is 5.44. The Morgan fingerprint density at radius 3 is 2.91 bits per heavy atom. The second-order valence-electron chi connectivity index (χ2n) is 6.62. The van der Waals surface area contributed by atoms with Crippen molar-refractivity contribution in [3.8, 4) is 0 Å². The number of fused-ring (bicyclic) bond motifs is 1. The van der Waals surface area contributed by atoms with Crippen LogP contribution in [-0.2, 0) is 13.0 Å². The van der Waals surface area contributed by atoms with E-state index in [1.165, 1.54) is 30.4 Å². The summed E-state index contributed by atoms with van der Waals surface area (Å²) in [4.78, 5) is 6.82. The van der Waals surface area contributed by atoms with Crippen LogP contribution in [0.5, 0.6) is 0 Å². The van der Waals surface area contributed by atoms with E-state index in [0.717, 1.165) is 18.7 Å². The molecule has 1 unspecified atom stereocenters. The Morgan fingerprint density at radius 1 is 1.22 bits per heavy atom. The molecule has 1 aromatic heterocycles. The molecule has 0 amide bonds. The van der Waals surface area contributed by atoms with Gasteiger partial charge in [0.25, 0.3) is 0 Å². The highest BCUT2D eigenvalue weighted by atomic mass is 16.5. The molecule has 122 valence electrons. The SMILES string of the molecule is OCCN(Cc1nc(C2CC2)no1)C1CCCc2ccccc21. The van der Waals surface area contributed by atoms with Crippen LogP contribution in [0.15, 0.2) is 28.8 Å². The fourth-order valence-corrected chi connectivity index (χ4v) is 3.59. The number of benzene rings is 1. The van der Waals surface area contributed by atoms with Crippen molar-refractivity contribution in [1.82, 2.24) is 15.0 Å². The Kier molecular flexibility index (Phi) is 4.14. The highest BCUT2D eigenvalue weighted by Gasteiger charge is 2.30. The molecule has 5 heteroatoms. The molecule has 0 spiro atoms. The summed E-state index contributed by atoms with van der Waals surface area (Å²) in [6.07, 6.45) is 5.79. The topological polar surface area (TPSA) is 62.4 Å². The fourth-order valence-electron chi connectivity index (χ4n) is 3.59. The number of aliphatic hydroxyl groups excluding tert-OH is 1. The van der Waals surface area contributed by atoms with E-state index in [1.54, 1.807) is 0 Å². The van der Waals surface area contributed by atoms with E-state index in [9.17, 15) is 5.11 Å². The third kappa shape index (κ3) is 3.16. The Balaban J connectivity index is 1.55. The molecule has 1 atom stereocenters. The van der Waals surface area contributed by atoms with E-state index in [1.807, 2.05) is 0 Å². The van der Waals surface area contributed by atoms with Crippen molar-refractivity contribution in [3.63, 3.8) is 0 Å². The summed E-state index contributed by atoms with van der Waals surface area (Å²) in [5, 5.41) is 13.6. The summed E-state index contributed by atoms with van der Waals surface area (Å²) >= 11 is 0. The minimum absolute atomic E-state index is 0.141. The number of aryl methyl sites for hydroxylation is 1. The average Bonchev–Trinajstić information content (AvgIpc) is 3.34. The Morgan fingerprint density at radius 2 is 2.09 bits per heavy atom. The van der Waals surface area contributed by atoms with Gasteiger partial charge in [0.05, 0.1) is 13.2 Å². The van der Waals surface area contributed by atoms with Crippen molar-refractivity contribution in [3.05, 3.63) is 47.1 Å². The van der Waals surface area contributed by atoms with Gasteiger partial charge in [-0.25, -0.2) is 0 Å². The minimum atomic E-state index is 0.141. The van der Waals surface area contributed by atoms with Crippen LogP contribution in [0.3, 0.4) is 0 Å². The lowest BCUT2D eigenvalue weighted by atomic mass is 9.87. The van der Waals surface area contributed by atoms with Gasteiger partial charge in [0.2, 0.25) is 5.89 Å². The first-order chi connectivity index (χ1) is 11.3. The van der Waals surface area contributed by atoms with Crippen molar-refractivity contribution >= 4 is 0 Å². The lowest BCUT2D eigenvalue weighted by Crippen LogP contribution is -2.33. The van der Waals surface area contributed by atoms with Crippen LogP contribution in [0.4, 0.5) is 0 Å². The van der Waals surface area contributed by atoms with Gasteiger partial charge in [-0.3, -0.25) is 4.90 Å². The summed E-state index contributed by atoms with van der Waals surface area (Å²) in [5.41, 5.74) is 2.81. The van der Waals surface area contributed by atoms with Crippen molar-refractivity contribution in [2.45, 2.75) is 50.6 Å². The maximum atomic E-state index is 9.49. The molecule has 2 aromatic rings. The number of rotatable bonds is 6. The highest BCUT2D eigenvalue weighted by molar-refractivity contribution is 5.32. The Bertz CT molecular complexity index is 666. The van der Waals surface area contributed by atoms with E-state index in [4.69, 9.17) is 4.52 Å². The standard InChI is InChI=1S/C18H23N3O2/c22-11-10-21(12-17-19-18(20-23-17)14-8-9-14)16-7-3-5-13-4-1-2-6-15(13)16/h1-2,4,6,14,16,22H,3,5,7-12H2. The first-order valence-electron chi connectivity index (χ1n) is 8.60. The van der Waals surface area contributed by atoms with Crippen LogP contribution in [0, 0.1) is 0 Å². The quantitative estimate of drug-likeness (QED) is 0.888. The first-order valence-corrected chi connectivity index (χ1v) is 8.60. The van der Waals surface area contributed by atoms with Crippen molar-refractivity contribution in [2.75, 3.05) is 13.2 Å². The summed E-state index contributed by atoms with van der Waals surface area (Å²) in [5.74, 6) is 2.03. The second-order valence-corrected chi connectivity index (χ2v) is 6.62. The zero-order chi connectivity index (χ0) is 15.6. The highest BCUT2D eigenvalue weighted by Crippen LogP contribution is 2.38. The van der Waals surface area contributed by atoms with Crippen LogP contribution in [0.25, 0.3) is 0 Å². The third-order valence-electron chi connectivity index (χ3n) is 4.93. The molecule has 0 radical (unpaired) electrons. The zero-order valence-corrected chi connectivity index (χ0v) is 13.3. The Hall–Kier alpha value is -1.72. The largest absolute Gasteiger partial charge is 0.395 e. The van der Waals surface area contributed by atoms with Gasteiger partial charge in [-0.05, 0) is 43.2 Å². The van der Waals surface area contributed by atoms with Gasteiger partial charge >= 0.3 is 0 Å². The smallest absolute Gasteiger partial charge is 0.240 e. The number of hydrogen-bond donors (Lipinski definition) is 1. The molecule has 1 fully saturated rings. The number of hydrogen-bond acceptors (Lipinski definition) is 5. The predicted molar refractivity (Wildman–Crippen MR) is 85.9 cm³/mol. The number of aromatic nitrogens is 2. The molecule has 2 aliphatic rings. The molecule has 1 saturated carbocycles. The Labute approximate surface area is 136 Å². The maximum absolute atomic E-state index is 9.49. The molecule has 23 heavy (non-hydrogen) atoms.